The molecule has 25 heavy (non-hydrogen) atoms. The van der Waals surface area contributed by atoms with Gasteiger partial charge in [0.05, 0.1) is 6.20 Å². The minimum atomic E-state index is -4.34. The zero-order valence-corrected chi connectivity index (χ0v) is 14.2. The number of pyridine rings is 1. The van der Waals surface area contributed by atoms with Crippen LogP contribution >= 0.6 is 0 Å². The van der Waals surface area contributed by atoms with Gasteiger partial charge in [0.15, 0.2) is 5.65 Å². The van der Waals surface area contributed by atoms with Gasteiger partial charge in [-0.25, -0.2) is 9.67 Å². The quantitative estimate of drug-likeness (QED) is 0.676. The van der Waals surface area contributed by atoms with Crippen LogP contribution in [0.1, 0.15) is 19.4 Å². The summed E-state index contributed by atoms with van der Waals surface area (Å²) < 4.78 is 39.1. The van der Waals surface area contributed by atoms with Crippen LogP contribution in [0.3, 0.4) is 0 Å². The summed E-state index contributed by atoms with van der Waals surface area (Å²) in [5.41, 5.74) is 2.31. The molecule has 2 heterocycles. The summed E-state index contributed by atoms with van der Waals surface area (Å²) in [7, 11) is 0. The molecule has 0 bridgehead atoms. The van der Waals surface area contributed by atoms with Crippen LogP contribution in [0.15, 0.2) is 42.6 Å². The molecule has 4 nitrogen and oxygen atoms in total. The lowest BCUT2D eigenvalue weighted by Gasteiger charge is -2.28. The average molecular weight is 348 g/mol. The number of hydrogen-bond acceptors (Lipinski definition) is 3. The molecule has 0 aliphatic carbocycles. The number of rotatable bonds is 4. The highest BCUT2D eigenvalue weighted by Gasteiger charge is 2.29. The first-order valence-electron chi connectivity index (χ1n) is 8.00. The van der Waals surface area contributed by atoms with Crippen LogP contribution in [0, 0.1) is 6.92 Å². The largest absolute Gasteiger partial charge is 0.408 e. The molecule has 2 aromatic heterocycles. The molecule has 0 unspecified atom stereocenters. The summed E-state index contributed by atoms with van der Waals surface area (Å²) in [6.07, 6.45) is -2.94. The standard InChI is InChI=1S/C18H19F3N4/c1-12(2)25(15-7-4-13(3)5-8-15)16-9-6-14-10-22-24(17(14)23-16)11-18(19,20)21/h4-10,12H,11H2,1-3H3. The van der Waals surface area contributed by atoms with Gasteiger partial charge >= 0.3 is 6.18 Å². The van der Waals surface area contributed by atoms with E-state index in [1.807, 2.05) is 56.0 Å². The average Bonchev–Trinajstić information content (AvgIpc) is 2.90. The van der Waals surface area contributed by atoms with E-state index in [2.05, 4.69) is 10.1 Å². The van der Waals surface area contributed by atoms with Crippen LogP contribution in [0.5, 0.6) is 0 Å². The van der Waals surface area contributed by atoms with E-state index >= 15 is 0 Å². The van der Waals surface area contributed by atoms with E-state index in [-0.39, 0.29) is 11.7 Å². The normalized spacial score (nSPS) is 12.1. The van der Waals surface area contributed by atoms with E-state index in [9.17, 15) is 13.2 Å². The number of benzene rings is 1. The number of fused-ring (bicyclic) bond motifs is 1. The van der Waals surface area contributed by atoms with Crippen LogP contribution in [0.25, 0.3) is 11.0 Å². The summed E-state index contributed by atoms with van der Waals surface area (Å²) in [6, 6.07) is 11.6. The highest BCUT2D eigenvalue weighted by atomic mass is 19.4. The lowest BCUT2D eigenvalue weighted by Crippen LogP contribution is -2.26. The molecule has 0 atom stereocenters. The maximum Gasteiger partial charge on any atom is 0.408 e. The number of hydrogen-bond donors (Lipinski definition) is 0. The highest BCUT2D eigenvalue weighted by Crippen LogP contribution is 2.29. The zero-order valence-electron chi connectivity index (χ0n) is 14.2. The SMILES string of the molecule is Cc1ccc(N(c2ccc3cnn(CC(F)(F)F)c3n2)C(C)C)cc1. The Kier molecular flexibility index (Phi) is 4.41. The fourth-order valence-electron chi connectivity index (χ4n) is 2.76. The molecule has 3 aromatic rings. The van der Waals surface area contributed by atoms with Crippen LogP contribution in [-0.4, -0.2) is 27.0 Å². The minimum Gasteiger partial charge on any atom is -0.324 e. The van der Waals surface area contributed by atoms with E-state index < -0.39 is 12.7 Å². The van der Waals surface area contributed by atoms with E-state index in [0.29, 0.717) is 11.2 Å². The van der Waals surface area contributed by atoms with Crippen molar-refractivity contribution < 1.29 is 13.2 Å². The third-order valence-electron chi connectivity index (χ3n) is 3.88. The molecule has 0 saturated carbocycles. The summed E-state index contributed by atoms with van der Waals surface area (Å²) in [5, 5.41) is 4.41. The highest BCUT2D eigenvalue weighted by molar-refractivity contribution is 5.78. The number of aromatic nitrogens is 3. The Hall–Kier alpha value is -2.57. The molecule has 0 aliphatic heterocycles. The molecule has 0 amide bonds. The molecule has 7 heteroatoms. The van der Waals surface area contributed by atoms with Crippen LogP contribution in [0.4, 0.5) is 24.7 Å². The van der Waals surface area contributed by atoms with Crippen LogP contribution < -0.4 is 4.90 Å². The number of halogens is 3. The first kappa shape index (κ1) is 17.3. The molecule has 0 aliphatic rings. The lowest BCUT2D eigenvalue weighted by molar-refractivity contribution is -0.141. The van der Waals surface area contributed by atoms with Crippen molar-refractivity contribution in [3.05, 3.63) is 48.2 Å². The predicted molar refractivity (Wildman–Crippen MR) is 92.0 cm³/mol. The molecular weight excluding hydrogens is 329 g/mol. The molecule has 0 fully saturated rings. The van der Waals surface area contributed by atoms with Gasteiger partial charge in [0.25, 0.3) is 0 Å². The Labute approximate surface area is 143 Å². The monoisotopic (exact) mass is 348 g/mol. The Bertz CT molecular complexity index is 866. The third-order valence-corrected chi connectivity index (χ3v) is 3.88. The topological polar surface area (TPSA) is 34.0 Å². The summed E-state index contributed by atoms with van der Waals surface area (Å²) >= 11 is 0. The van der Waals surface area contributed by atoms with Gasteiger partial charge in [0.2, 0.25) is 0 Å². The molecule has 0 saturated heterocycles. The van der Waals surface area contributed by atoms with Gasteiger partial charge in [0.1, 0.15) is 12.4 Å². The van der Waals surface area contributed by atoms with Crippen molar-refractivity contribution in [3.8, 4) is 0 Å². The Morgan fingerprint density at radius 1 is 1.08 bits per heavy atom. The third kappa shape index (κ3) is 3.75. The maximum atomic E-state index is 12.7. The minimum absolute atomic E-state index is 0.0895. The van der Waals surface area contributed by atoms with Crippen molar-refractivity contribution in [2.45, 2.75) is 39.5 Å². The van der Waals surface area contributed by atoms with E-state index in [1.54, 1.807) is 6.07 Å². The molecule has 132 valence electrons. The van der Waals surface area contributed by atoms with Crippen molar-refractivity contribution in [1.29, 1.82) is 0 Å². The Morgan fingerprint density at radius 2 is 1.76 bits per heavy atom. The van der Waals surface area contributed by atoms with Crippen LogP contribution in [-0.2, 0) is 6.54 Å². The number of alkyl halides is 3. The van der Waals surface area contributed by atoms with Crippen LogP contribution in [0.2, 0.25) is 0 Å². The second-order valence-electron chi connectivity index (χ2n) is 6.30. The first-order valence-corrected chi connectivity index (χ1v) is 8.00. The van der Waals surface area contributed by atoms with Gasteiger partial charge in [0, 0.05) is 17.1 Å². The van der Waals surface area contributed by atoms with Gasteiger partial charge in [-0.15, -0.1) is 0 Å². The zero-order chi connectivity index (χ0) is 18.2. The smallest absolute Gasteiger partial charge is 0.324 e. The van der Waals surface area contributed by atoms with Gasteiger partial charge in [-0.3, -0.25) is 0 Å². The fraction of sp³-hybridized carbons (Fsp3) is 0.333. The second kappa shape index (κ2) is 6.38. The molecular formula is C18H19F3N4. The van der Waals surface area contributed by atoms with E-state index in [0.717, 1.165) is 15.9 Å². The number of aryl methyl sites for hydroxylation is 1. The lowest BCUT2D eigenvalue weighted by atomic mass is 10.2. The molecule has 0 spiro atoms. The molecule has 3 rings (SSSR count). The summed E-state index contributed by atoms with van der Waals surface area (Å²) in [4.78, 5) is 6.46. The summed E-state index contributed by atoms with van der Waals surface area (Å²) in [6.45, 7) is 4.88. The van der Waals surface area contributed by atoms with E-state index in [1.165, 1.54) is 6.20 Å². The second-order valence-corrected chi connectivity index (χ2v) is 6.30. The molecule has 0 N–H and O–H groups in total. The van der Waals surface area contributed by atoms with E-state index in [4.69, 9.17) is 0 Å². The first-order chi connectivity index (χ1) is 11.7. The van der Waals surface area contributed by atoms with Gasteiger partial charge in [-0.2, -0.15) is 18.3 Å². The molecule has 1 aromatic carbocycles. The Balaban J connectivity index is 2.06. The maximum absolute atomic E-state index is 12.7. The van der Waals surface area contributed by atoms with Gasteiger partial charge < -0.3 is 4.90 Å². The molecule has 0 radical (unpaired) electrons. The fourth-order valence-corrected chi connectivity index (χ4v) is 2.76. The summed E-state index contributed by atoms with van der Waals surface area (Å²) in [5.74, 6) is 0.593. The number of anilines is 2. The van der Waals surface area contributed by atoms with Gasteiger partial charge in [-0.1, -0.05) is 17.7 Å². The van der Waals surface area contributed by atoms with Crippen molar-refractivity contribution in [1.82, 2.24) is 14.8 Å². The van der Waals surface area contributed by atoms with Crippen molar-refractivity contribution >= 4 is 22.5 Å². The van der Waals surface area contributed by atoms with Crippen molar-refractivity contribution in [3.63, 3.8) is 0 Å². The number of nitrogens with zero attached hydrogens (tertiary/aromatic N) is 4. The Morgan fingerprint density at radius 3 is 2.36 bits per heavy atom. The van der Waals surface area contributed by atoms with Gasteiger partial charge in [-0.05, 0) is 45.0 Å². The van der Waals surface area contributed by atoms with Crippen molar-refractivity contribution in [2.75, 3.05) is 4.90 Å². The van der Waals surface area contributed by atoms with Crippen molar-refractivity contribution in [2.24, 2.45) is 0 Å². The predicted octanol–water partition coefficient (Wildman–Crippen LogP) is 4.85.